The molecule has 1 rings (SSSR count). The zero-order valence-electron chi connectivity index (χ0n) is 11.4. The Morgan fingerprint density at radius 2 is 2.00 bits per heavy atom. The van der Waals surface area contributed by atoms with Crippen LogP contribution in [0.1, 0.15) is 10.4 Å². The van der Waals surface area contributed by atoms with Gasteiger partial charge in [0.05, 0.1) is 5.56 Å². The van der Waals surface area contributed by atoms with E-state index in [2.05, 4.69) is 26.0 Å². The minimum Gasteiger partial charge on any atom is -0.447 e. The van der Waals surface area contributed by atoms with Crippen molar-refractivity contribution in [1.29, 1.82) is 0 Å². The van der Waals surface area contributed by atoms with Crippen LogP contribution in [0.4, 0.5) is 4.79 Å². The van der Waals surface area contributed by atoms with E-state index < -0.39 is 12.0 Å². The van der Waals surface area contributed by atoms with Gasteiger partial charge in [-0.25, -0.2) is 10.2 Å². The minimum atomic E-state index is -0.753. The van der Waals surface area contributed by atoms with E-state index in [0.717, 1.165) is 0 Å². The van der Waals surface area contributed by atoms with Gasteiger partial charge in [-0.3, -0.25) is 15.2 Å². The van der Waals surface area contributed by atoms with Crippen molar-refractivity contribution in [3.8, 4) is 0 Å². The molecule has 0 saturated carbocycles. The Labute approximate surface area is 134 Å². The van der Waals surface area contributed by atoms with Crippen molar-refractivity contribution in [2.45, 2.75) is 0 Å². The fourth-order valence-electron chi connectivity index (χ4n) is 1.11. The smallest absolute Gasteiger partial charge is 0.426 e. The second-order valence-corrected chi connectivity index (χ2v) is 6.21. The van der Waals surface area contributed by atoms with Crippen LogP contribution in [0.2, 0.25) is 0 Å². The first kappa shape index (κ1) is 18.0. The molecular formula is C11H14N4O5S2. The predicted octanol–water partition coefficient (Wildman–Crippen LogP) is 1.53. The molecule has 2 amide bonds. The van der Waals surface area contributed by atoms with Crippen molar-refractivity contribution in [2.75, 3.05) is 24.7 Å². The van der Waals surface area contributed by atoms with Gasteiger partial charge < -0.3 is 9.57 Å². The van der Waals surface area contributed by atoms with Crippen LogP contribution in [0.5, 0.6) is 0 Å². The van der Waals surface area contributed by atoms with Crippen molar-refractivity contribution >= 4 is 33.6 Å². The summed E-state index contributed by atoms with van der Waals surface area (Å²) in [6.07, 6.45) is 2.16. The zero-order chi connectivity index (χ0) is 16.0. The van der Waals surface area contributed by atoms with Crippen LogP contribution in [-0.4, -0.2) is 41.7 Å². The molecular weight excluding hydrogens is 332 g/mol. The molecule has 0 aliphatic rings. The van der Waals surface area contributed by atoms with E-state index in [1.54, 1.807) is 12.1 Å². The molecule has 0 aliphatic carbocycles. The molecule has 2 N–H and O–H groups in total. The Balaban J connectivity index is 2.02. The molecule has 0 spiro atoms. The van der Waals surface area contributed by atoms with Crippen LogP contribution in [0.3, 0.4) is 0 Å². The van der Waals surface area contributed by atoms with E-state index in [4.69, 9.17) is 4.74 Å². The average Bonchev–Trinajstić information content (AvgIpc) is 2.56. The molecule has 0 saturated heterocycles. The van der Waals surface area contributed by atoms with Crippen LogP contribution in [0.25, 0.3) is 0 Å². The molecule has 22 heavy (non-hydrogen) atoms. The number of pyridine rings is 1. The Kier molecular flexibility index (Phi) is 9.54. The van der Waals surface area contributed by atoms with Crippen LogP contribution in [-0.2, 0) is 9.57 Å². The summed E-state index contributed by atoms with van der Waals surface area (Å²) in [5, 5.41) is 2.26. The molecule has 0 radical (unpaired) electrons. The monoisotopic (exact) mass is 346 g/mol. The van der Waals surface area contributed by atoms with Gasteiger partial charge in [0.15, 0.2) is 5.34 Å². The second kappa shape index (κ2) is 11.6. The van der Waals surface area contributed by atoms with Crippen molar-refractivity contribution in [3.63, 3.8) is 0 Å². The number of ether oxygens (including phenoxy) is 1. The van der Waals surface area contributed by atoms with Gasteiger partial charge in [0.1, 0.15) is 13.2 Å². The van der Waals surface area contributed by atoms with Crippen molar-refractivity contribution in [2.24, 2.45) is 5.34 Å². The third-order valence-electron chi connectivity index (χ3n) is 2.00. The number of amides is 2. The lowest BCUT2D eigenvalue weighted by Crippen LogP contribution is -2.42. The Morgan fingerprint density at radius 3 is 2.68 bits per heavy atom. The van der Waals surface area contributed by atoms with Gasteiger partial charge in [-0.15, -0.1) is 4.91 Å². The van der Waals surface area contributed by atoms with Gasteiger partial charge in [0, 0.05) is 23.9 Å². The summed E-state index contributed by atoms with van der Waals surface area (Å²) >= 11 is 0. The number of carbonyl (C=O) groups is 2. The van der Waals surface area contributed by atoms with Gasteiger partial charge in [-0.2, -0.15) is 0 Å². The summed E-state index contributed by atoms with van der Waals surface area (Å²) in [6, 6.07) is 3.17. The molecule has 0 bridgehead atoms. The predicted molar refractivity (Wildman–Crippen MR) is 82.8 cm³/mol. The summed E-state index contributed by atoms with van der Waals surface area (Å²) < 4.78 is 4.84. The lowest BCUT2D eigenvalue weighted by atomic mass is 10.3. The highest BCUT2D eigenvalue weighted by atomic mass is 33.1. The molecule has 0 aliphatic heterocycles. The van der Waals surface area contributed by atoms with Crippen molar-refractivity contribution in [1.82, 2.24) is 15.8 Å². The highest BCUT2D eigenvalue weighted by Crippen LogP contribution is 2.20. The normalized spacial score (nSPS) is 9.64. The maximum atomic E-state index is 11.6. The quantitative estimate of drug-likeness (QED) is 0.299. The standard InChI is InChI=1S/C11H14N4O5S2/c16-10(9-2-1-3-12-8-9)13-14-11(17)19-4-6-21-22-7-5-20-15-18/h1-3,8H,4-7H2,(H,13,16)(H,14,17). The number of hydrogen-bond donors (Lipinski definition) is 2. The summed E-state index contributed by atoms with van der Waals surface area (Å²) in [6.45, 7) is 0.419. The zero-order valence-corrected chi connectivity index (χ0v) is 13.0. The molecule has 0 fully saturated rings. The Morgan fingerprint density at radius 1 is 1.23 bits per heavy atom. The molecule has 120 valence electrons. The largest absolute Gasteiger partial charge is 0.447 e. The summed E-state index contributed by atoms with van der Waals surface area (Å²) in [7, 11) is 2.92. The number of aromatic nitrogens is 1. The van der Waals surface area contributed by atoms with E-state index in [9.17, 15) is 14.5 Å². The third-order valence-corrected chi connectivity index (χ3v) is 4.33. The first-order valence-electron chi connectivity index (χ1n) is 6.06. The highest BCUT2D eigenvalue weighted by Gasteiger charge is 2.07. The third kappa shape index (κ3) is 8.32. The van der Waals surface area contributed by atoms with E-state index in [1.807, 2.05) is 0 Å². The topological polar surface area (TPSA) is 119 Å². The molecule has 0 atom stereocenters. The minimum absolute atomic E-state index is 0.180. The Hall–Kier alpha value is -2.01. The van der Waals surface area contributed by atoms with Gasteiger partial charge in [0.25, 0.3) is 5.91 Å². The lowest BCUT2D eigenvalue weighted by Gasteiger charge is -2.07. The maximum Gasteiger partial charge on any atom is 0.426 e. The van der Waals surface area contributed by atoms with Crippen molar-refractivity contribution < 1.29 is 19.2 Å². The fraction of sp³-hybridized carbons (Fsp3) is 0.364. The molecule has 0 unspecified atom stereocenters. The van der Waals surface area contributed by atoms with Gasteiger partial charge in [-0.05, 0) is 12.1 Å². The molecule has 11 heteroatoms. The van der Waals surface area contributed by atoms with Crippen molar-refractivity contribution in [3.05, 3.63) is 35.0 Å². The van der Waals surface area contributed by atoms with E-state index in [1.165, 1.54) is 34.0 Å². The number of hydrogen-bond acceptors (Lipinski definition) is 9. The highest BCUT2D eigenvalue weighted by molar-refractivity contribution is 8.76. The molecule has 0 aromatic carbocycles. The lowest BCUT2D eigenvalue weighted by molar-refractivity contribution is 0.0913. The van der Waals surface area contributed by atoms with E-state index in [-0.39, 0.29) is 13.2 Å². The van der Waals surface area contributed by atoms with Gasteiger partial charge >= 0.3 is 6.09 Å². The molecule has 9 nitrogen and oxygen atoms in total. The Bertz CT molecular complexity index is 477. The number of nitrogens with zero attached hydrogens (tertiary/aromatic N) is 2. The summed E-state index contributed by atoms with van der Waals surface area (Å²) in [4.78, 5) is 40.6. The van der Waals surface area contributed by atoms with Crippen LogP contribution in [0, 0.1) is 4.91 Å². The maximum absolute atomic E-state index is 11.6. The number of carbonyl (C=O) groups excluding carboxylic acids is 2. The molecule has 1 heterocycles. The number of rotatable bonds is 9. The molecule has 1 aromatic rings. The summed E-state index contributed by atoms with van der Waals surface area (Å²) in [5.41, 5.74) is 4.65. The number of nitrogens with one attached hydrogen (secondary N) is 2. The van der Waals surface area contributed by atoms with E-state index >= 15 is 0 Å². The van der Waals surface area contributed by atoms with E-state index in [0.29, 0.717) is 17.1 Å². The molecule has 1 aromatic heterocycles. The number of hydrazine groups is 1. The van der Waals surface area contributed by atoms with Crippen LogP contribution < -0.4 is 10.9 Å². The average molecular weight is 346 g/mol. The SMILES string of the molecule is O=NOCCSSCCOC(=O)NNC(=O)c1cccnc1. The van der Waals surface area contributed by atoms with Crippen LogP contribution in [0.15, 0.2) is 29.9 Å². The van der Waals surface area contributed by atoms with Gasteiger partial charge in [0.2, 0.25) is 0 Å². The first-order valence-corrected chi connectivity index (χ1v) is 8.55. The fourth-order valence-corrected chi connectivity index (χ4v) is 2.75. The second-order valence-electron chi connectivity index (χ2n) is 3.51. The van der Waals surface area contributed by atoms with Gasteiger partial charge in [-0.1, -0.05) is 21.6 Å². The first-order chi connectivity index (χ1) is 10.7. The van der Waals surface area contributed by atoms with Crippen LogP contribution >= 0.6 is 21.6 Å². The summed E-state index contributed by atoms with van der Waals surface area (Å²) in [5.74, 6) is 0.672.